The number of nitrogens with one attached hydrogen (secondary N) is 1. The van der Waals surface area contributed by atoms with Crippen LogP contribution in [0.5, 0.6) is 0 Å². The molecular weight excluding hydrogens is 426 g/mol. The van der Waals surface area contributed by atoms with Crippen molar-refractivity contribution in [3.63, 3.8) is 0 Å². The summed E-state index contributed by atoms with van der Waals surface area (Å²) in [5.74, 6) is 0.337. The Bertz CT molecular complexity index is 1210. The van der Waals surface area contributed by atoms with Gasteiger partial charge < -0.3 is 4.42 Å². The third kappa shape index (κ3) is 4.39. The van der Waals surface area contributed by atoms with Gasteiger partial charge in [-0.15, -0.1) is 0 Å². The predicted octanol–water partition coefficient (Wildman–Crippen LogP) is 4.30. The molecule has 1 aromatic heterocycles. The molecule has 1 aliphatic heterocycles. The maximum atomic E-state index is 13.1. The number of hydrogen-bond donors (Lipinski definition) is 1. The van der Waals surface area contributed by atoms with Gasteiger partial charge >= 0.3 is 0 Å². The standard InChI is InChI=1S/C21H18ClN3O4S/c1-30(27,28)24-17-9-7-14(8-10-17)18-13-19(20-6-3-11-29-20)25(23-18)21(26)15-4-2-5-16(22)12-15/h2-12,19,24H,13H2,1H3. The molecule has 0 spiro atoms. The Labute approximate surface area is 179 Å². The Morgan fingerprint density at radius 2 is 1.93 bits per heavy atom. The minimum absolute atomic E-state index is 0.288. The molecule has 7 nitrogen and oxygen atoms in total. The minimum atomic E-state index is -3.36. The first-order valence-electron chi connectivity index (χ1n) is 9.08. The van der Waals surface area contributed by atoms with E-state index in [1.165, 1.54) is 5.01 Å². The van der Waals surface area contributed by atoms with E-state index >= 15 is 0 Å². The van der Waals surface area contributed by atoms with Gasteiger partial charge in [0.25, 0.3) is 5.91 Å². The number of sulfonamides is 1. The van der Waals surface area contributed by atoms with E-state index in [4.69, 9.17) is 16.0 Å². The summed E-state index contributed by atoms with van der Waals surface area (Å²) in [7, 11) is -3.36. The lowest BCUT2D eigenvalue weighted by molar-refractivity contribution is 0.0693. The van der Waals surface area contributed by atoms with Crippen LogP contribution in [0.25, 0.3) is 0 Å². The zero-order valence-corrected chi connectivity index (χ0v) is 17.5. The highest BCUT2D eigenvalue weighted by Crippen LogP contribution is 2.34. The molecule has 2 heterocycles. The first-order chi connectivity index (χ1) is 14.3. The van der Waals surface area contributed by atoms with Gasteiger partial charge in [0.15, 0.2) is 0 Å². The molecule has 1 N–H and O–H groups in total. The number of nitrogens with zero attached hydrogens (tertiary/aromatic N) is 2. The largest absolute Gasteiger partial charge is 0.467 e. The summed E-state index contributed by atoms with van der Waals surface area (Å²) in [6.07, 6.45) is 3.11. The van der Waals surface area contributed by atoms with E-state index in [2.05, 4.69) is 9.82 Å². The summed E-state index contributed by atoms with van der Waals surface area (Å²) in [5, 5.41) is 6.44. The smallest absolute Gasteiger partial charge is 0.274 e. The number of hydrazone groups is 1. The van der Waals surface area contributed by atoms with Gasteiger partial charge in [0.1, 0.15) is 11.8 Å². The number of amides is 1. The summed E-state index contributed by atoms with van der Waals surface area (Å²) >= 11 is 6.04. The van der Waals surface area contributed by atoms with Gasteiger partial charge in [-0.2, -0.15) is 5.10 Å². The number of carbonyl (C=O) groups is 1. The molecule has 30 heavy (non-hydrogen) atoms. The van der Waals surface area contributed by atoms with Crippen molar-refractivity contribution < 1.29 is 17.6 Å². The van der Waals surface area contributed by atoms with Crippen LogP contribution in [0.2, 0.25) is 5.02 Å². The van der Waals surface area contributed by atoms with Crippen molar-refractivity contribution in [2.75, 3.05) is 11.0 Å². The Balaban J connectivity index is 1.66. The molecule has 0 radical (unpaired) electrons. The Kier molecular flexibility index (Phi) is 5.36. The molecule has 154 valence electrons. The van der Waals surface area contributed by atoms with Crippen molar-refractivity contribution in [1.29, 1.82) is 0 Å². The fourth-order valence-corrected chi connectivity index (χ4v) is 4.03. The number of furan rings is 1. The molecule has 1 aliphatic rings. The van der Waals surface area contributed by atoms with E-state index < -0.39 is 16.1 Å². The van der Waals surface area contributed by atoms with Crippen molar-refractivity contribution in [3.05, 3.63) is 88.8 Å². The van der Waals surface area contributed by atoms with Gasteiger partial charge in [-0.25, -0.2) is 13.4 Å². The quantitative estimate of drug-likeness (QED) is 0.636. The minimum Gasteiger partial charge on any atom is -0.467 e. The predicted molar refractivity (Wildman–Crippen MR) is 115 cm³/mol. The topological polar surface area (TPSA) is 92.0 Å². The summed E-state index contributed by atoms with van der Waals surface area (Å²) in [6.45, 7) is 0. The monoisotopic (exact) mass is 443 g/mol. The number of carbonyl (C=O) groups excluding carboxylic acids is 1. The average molecular weight is 444 g/mol. The third-order valence-electron chi connectivity index (χ3n) is 4.58. The maximum Gasteiger partial charge on any atom is 0.274 e. The summed E-state index contributed by atoms with van der Waals surface area (Å²) in [6, 6.07) is 16.7. The lowest BCUT2D eigenvalue weighted by Crippen LogP contribution is -2.26. The fourth-order valence-electron chi connectivity index (χ4n) is 3.27. The highest BCUT2D eigenvalue weighted by atomic mass is 35.5. The molecular formula is C21H18ClN3O4S. The normalized spacial score (nSPS) is 16.4. The van der Waals surface area contributed by atoms with Crippen molar-refractivity contribution in [2.45, 2.75) is 12.5 Å². The molecule has 0 aliphatic carbocycles. The summed E-state index contributed by atoms with van der Waals surface area (Å²) in [4.78, 5) is 13.1. The summed E-state index contributed by atoms with van der Waals surface area (Å²) in [5.41, 5.74) is 2.36. The molecule has 0 fully saturated rings. The molecule has 9 heteroatoms. The van der Waals surface area contributed by atoms with Crippen LogP contribution in [-0.4, -0.2) is 31.3 Å². The van der Waals surface area contributed by atoms with Crippen LogP contribution in [0.15, 0.2) is 76.4 Å². The Morgan fingerprint density at radius 3 is 2.57 bits per heavy atom. The average Bonchev–Trinajstić information content (AvgIpc) is 3.36. The maximum absolute atomic E-state index is 13.1. The molecule has 4 rings (SSSR count). The number of benzene rings is 2. The van der Waals surface area contributed by atoms with Gasteiger partial charge in [-0.1, -0.05) is 29.8 Å². The van der Waals surface area contributed by atoms with E-state index in [0.29, 0.717) is 34.2 Å². The highest BCUT2D eigenvalue weighted by Gasteiger charge is 2.35. The number of hydrogen-bond acceptors (Lipinski definition) is 5. The fraction of sp³-hybridized carbons (Fsp3) is 0.143. The first kappa shape index (κ1) is 20.2. The van der Waals surface area contributed by atoms with Crippen LogP contribution < -0.4 is 4.72 Å². The van der Waals surface area contributed by atoms with Gasteiger partial charge in [0, 0.05) is 22.7 Å². The molecule has 0 saturated carbocycles. The van der Waals surface area contributed by atoms with Crippen LogP contribution in [-0.2, 0) is 10.0 Å². The third-order valence-corrected chi connectivity index (χ3v) is 5.42. The van der Waals surface area contributed by atoms with E-state index in [-0.39, 0.29) is 5.91 Å². The molecule has 1 unspecified atom stereocenters. The van der Waals surface area contributed by atoms with Crippen LogP contribution in [0, 0.1) is 0 Å². The van der Waals surface area contributed by atoms with Crippen LogP contribution >= 0.6 is 11.6 Å². The van der Waals surface area contributed by atoms with E-state index in [9.17, 15) is 13.2 Å². The van der Waals surface area contributed by atoms with Gasteiger partial charge in [0.05, 0.1) is 18.2 Å². The first-order valence-corrected chi connectivity index (χ1v) is 11.4. The lowest BCUT2D eigenvalue weighted by Gasteiger charge is -2.20. The van der Waals surface area contributed by atoms with Crippen molar-refractivity contribution in [2.24, 2.45) is 5.10 Å². The van der Waals surface area contributed by atoms with E-state index in [1.807, 2.05) is 0 Å². The van der Waals surface area contributed by atoms with Gasteiger partial charge in [-0.3, -0.25) is 9.52 Å². The number of rotatable bonds is 5. The van der Waals surface area contributed by atoms with Gasteiger partial charge in [0.2, 0.25) is 10.0 Å². The molecule has 1 amide bonds. The number of halogens is 1. The van der Waals surface area contributed by atoms with Crippen LogP contribution in [0.1, 0.15) is 34.1 Å². The molecule has 3 aromatic rings. The van der Waals surface area contributed by atoms with Gasteiger partial charge in [-0.05, 0) is 48.0 Å². The second kappa shape index (κ2) is 7.97. The zero-order valence-electron chi connectivity index (χ0n) is 15.9. The molecule has 0 saturated heterocycles. The molecule has 2 aromatic carbocycles. The summed E-state index contributed by atoms with van der Waals surface area (Å²) < 4.78 is 30.8. The van der Waals surface area contributed by atoms with E-state index in [0.717, 1.165) is 11.8 Å². The SMILES string of the molecule is CS(=O)(=O)Nc1ccc(C2=NN(C(=O)c3cccc(Cl)c3)C(c3ccco3)C2)cc1. The molecule has 1 atom stereocenters. The van der Waals surface area contributed by atoms with Crippen molar-refractivity contribution in [1.82, 2.24) is 5.01 Å². The zero-order chi connectivity index (χ0) is 21.3. The Hall–Kier alpha value is -3.10. The highest BCUT2D eigenvalue weighted by molar-refractivity contribution is 7.92. The van der Waals surface area contributed by atoms with Crippen LogP contribution in [0.4, 0.5) is 5.69 Å². The second-order valence-electron chi connectivity index (χ2n) is 6.89. The number of anilines is 1. The van der Waals surface area contributed by atoms with Crippen LogP contribution in [0.3, 0.4) is 0 Å². The lowest BCUT2D eigenvalue weighted by atomic mass is 10.0. The van der Waals surface area contributed by atoms with Crippen molar-refractivity contribution in [3.8, 4) is 0 Å². The Morgan fingerprint density at radius 1 is 1.17 bits per heavy atom. The molecule has 0 bridgehead atoms. The van der Waals surface area contributed by atoms with E-state index in [1.54, 1.807) is 66.9 Å². The van der Waals surface area contributed by atoms with Crippen molar-refractivity contribution >= 4 is 38.9 Å². The second-order valence-corrected chi connectivity index (χ2v) is 9.08.